The third-order valence-corrected chi connectivity index (χ3v) is 3.62. The van der Waals surface area contributed by atoms with Gasteiger partial charge in [-0.05, 0) is 49.1 Å². The lowest BCUT2D eigenvalue weighted by Gasteiger charge is -2.27. The Balaban J connectivity index is 2.41. The number of benzene rings is 1. The summed E-state index contributed by atoms with van der Waals surface area (Å²) < 4.78 is 5.38. The lowest BCUT2D eigenvalue weighted by Crippen LogP contribution is -2.51. The van der Waals surface area contributed by atoms with Gasteiger partial charge in [0.05, 0.1) is 13.2 Å². The van der Waals surface area contributed by atoms with Gasteiger partial charge in [0.1, 0.15) is 5.75 Å². The molecule has 102 valence electrons. The Bertz CT molecular complexity index is 552. The predicted octanol–water partition coefficient (Wildman–Crippen LogP) is 0.908. The first kappa shape index (κ1) is 13.4. The number of hydrogen-bond donors (Lipinski definition) is 2. The van der Waals surface area contributed by atoms with E-state index in [1.807, 2.05) is 26.8 Å². The first-order valence-corrected chi connectivity index (χ1v) is 6.19. The average Bonchev–Trinajstić information content (AvgIpc) is 2.38. The first-order valence-electron chi connectivity index (χ1n) is 6.19. The second kappa shape index (κ2) is 4.91. The van der Waals surface area contributed by atoms with Crippen LogP contribution in [0, 0.1) is 20.8 Å². The second-order valence-electron chi connectivity index (χ2n) is 4.80. The molecule has 1 saturated heterocycles. The minimum Gasteiger partial charge on any atom is -0.496 e. The number of carbonyl (C=O) groups is 2. The molecule has 19 heavy (non-hydrogen) atoms. The summed E-state index contributed by atoms with van der Waals surface area (Å²) in [4.78, 5) is 22.6. The molecular formula is C14H18N2O3. The zero-order valence-electron chi connectivity index (χ0n) is 11.6. The Labute approximate surface area is 112 Å². The van der Waals surface area contributed by atoms with Crippen LogP contribution in [-0.2, 0) is 9.59 Å². The number of piperazine rings is 1. The van der Waals surface area contributed by atoms with Crippen molar-refractivity contribution in [2.45, 2.75) is 26.8 Å². The third-order valence-electron chi connectivity index (χ3n) is 3.62. The molecule has 2 rings (SSSR count). The SMILES string of the molecule is COc1c(C)cc(C2CNC(=O)C(=O)N2)c(C)c1C. The van der Waals surface area contributed by atoms with E-state index in [1.165, 1.54) is 0 Å². The number of amides is 2. The minimum atomic E-state index is -0.582. The Morgan fingerprint density at radius 2 is 1.84 bits per heavy atom. The van der Waals surface area contributed by atoms with E-state index in [0.29, 0.717) is 6.54 Å². The fourth-order valence-electron chi connectivity index (χ4n) is 2.50. The predicted molar refractivity (Wildman–Crippen MR) is 71.1 cm³/mol. The average molecular weight is 262 g/mol. The topological polar surface area (TPSA) is 67.4 Å². The number of nitrogens with one attached hydrogen (secondary N) is 2. The summed E-state index contributed by atoms with van der Waals surface area (Å²) in [6.07, 6.45) is 0. The first-order chi connectivity index (χ1) is 8.95. The highest BCUT2D eigenvalue weighted by Crippen LogP contribution is 2.31. The summed E-state index contributed by atoms with van der Waals surface area (Å²) in [7, 11) is 1.65. The Morgan fingerprint density at radius 1 is 1.16 bits per heavy atom. The smallest absolute Gasteiger partial charge is 0.309 e. The molecule has 0 spiro atoms. The number of hydrogen-bond acceptors (Lipinski definition) is 3. The van der Waals surface area contributed by atoms with Crippen LogP contribution in [0.3, 0.4) is 0 Å². The van der Waals surface area contributed by atoms with Crippen molar-refractivity contribution < 1.29 is 14.3 Å². The summed E-state index contributed by atoms with van der Waals surface area (Å²) in [5, 5.41) is 5.32. The van der Waals surface area contributed by atoms with Gasteiger partial charge < -0.3 is 15.4 Å². The van der Waals surface area contributed by atoms with Crippen molar-refractivity contribution >= 4 is 11.8 Å². The van der Waals surface area contributed by atoms with Gasteiger partial charge in [0.15, 0.2) is 0 Å². The van der Waals surface area contributed by atoms with E-state index < -0.39 is 11.8 Å². The van der Waals surface area contributed by atoms with Crippen LogP contribution < -0.4 is 15.4 Å². The molecule has 0 aromatic heterocycles. The molecule has 1 heterocycles. The van der Waals surface area contributed by atoms with Gasteiger partial charge in [-0.3, -0.25) is 9.59 Å². The molecule has 0 saturated carbocycles. The maximum absolute atomic E-state index is 11.4. The van der Waals surface area contributed by atoms with Crippen molar-refractivity contribution in [3.05, 3.63) is 28.3 Å². The highest BCUT2D eigenvalue weighted by atomic mass is 16.5. The van der Waals surface area contributed by atoms with Gasteiger partial charge in [-0.2, -0.15) is 0 Å². The summed E-state index contributed by atoms with van der Waals surface area (Å²) in [6.45, 7) is 6.37. The van der Waals surface area contributed by atoms with Crippen LogP contribution in [0.25, 0.3) is 0 Å². The van der Waals surface area contributed by atoms with Crippen molar-refractivity contribution in [3.8, 4) is 5.75 Å². The van der Waals surface area contributed by atoms with Crippen molar-refractivity contribution in [2.24, 2.45) is 0 Å². The van der Waals surface area contributed by atoms with Gasteiger partial charge in [-0.25, -0.2) is 0 Å². The largest absolute Gasteiger partial charge is 0.496 e. The normalized spacial score (nSPS) is 18.8. The molecule has 0 aliphatic carbocycles. The molecule has 1 aliphatic rings. The van der Waals surface area contributed by atoms with E-state index in [9.17, 15) is 9.59 Å². The van der Waals surface area contributed by atoms with Crippen molar-refractivity contribution in [2.75, 3.05) is 13.7 Å². The van der Waals surface area contributed by atoms with Crippen LogP contribution in [0.1, 0.15) is 28.3 Å². The van der Waals surface area contributed by atoms with Gasteiger partial charge in [-0.1, -0.05) is 0 Å². The van der Waals surface area contributed by atoms with E-state index in [4.69, 9.17) is 4.74 Å². The van der Waals surface area contributed by atoms with Gasteiger partial charge in [0, 0.05) is 6.54 Å². The van der Waals surface area contributed by atoms with Crippen molar-refractivity contribution in [1.29, 1.82) is 0 Å². The number of ether oxygens (including phenoxy) is 1. The fraction of sp³-hybridized carbons (Fsp3) is 0.429. The third kappa shape index (κ3) is 2.28. The molecule has 1 unspecified atom stereocenters. The highest BCUT2D eigenvalue weighted by Gasteiger charge is 2.28. The summed E-state index contributed by atoms with van der Waals surface area (Å²) in [5.74, 6) is -0.287. The minimum absolute atomic E-state index is 0.187. The van der Waals surface area contributed by atoms with Crippen LogP contribution in [0.2, 0.25) is 0 Å². The summed E-state index contributed by atoms with van der Waals surface area (Å²) in [5.41, 5.74) is 4.17. The molecule has 1 atom stereocenters. The van der Waals surface area contributed by atoms with Crippen LogP contribution in [0.15, 0.2) is 6.07 Å². The van der Waals surface area contributed by atoms with E-state index in [-0.39, 0.29) is 6.04 Å². The maximum Gasteiger partial charge on any atom is 0.309 e. The standard InChI is InChI=1S/C14H18N2O3/c1-7-5-10(8(2)9(3)12(7)19-4)11-6-15-13(17)14(18)16-11/h5,11H,6H2,1-4H3,(H,15,17)(H,16,18). The van der Waals surface area contributed by atoms with Crippen LogP contribution in [-0.4, -0.2) is 25.5 Å². The molecule has 2 N–H and O–H groups in total. The van der Waals surface area contributed by atoms with Crippen LogP contribution in [0.5, 0.6) is 5.75 Å². The molecule has 1 aromatic rings. The summed E-state index contributed by atoms with van der Waals surface area (Å²) in [6, 6.07) is 1.82. The quantitative estimate of drug-likeness (QED) is 0.778. The zero-order valence-corrected chi connectivity index (χ0v) is 11.6. The van der Waals surface area contributed by atoms with Gasteiger partial charge in [-0.15, -0.1) is 0 Å². The molecule has 1 aliphatic heterocycles. The zero-order chi connectivity index (χ0) is 14.2. The van der Waals surface area contributed by atoms with E-state index in [1.54, 1.807) is 7.11 Å². The van der Waals surface area contributed by atoms with Gasteiger partial charge >= 0.3 is 11.8 Å². The van der Waals surface area contributed by atoms with Gasteiger partial charge in [0.2, 0.25) is 0 Å². The number of carbonyl (C=O) groups excluding carboxylic acids is 2. The van der Waals surface area contributed by atoms with Crippen LogP contribution in [0.4, 0.5) is 0 Å². The number of aryl methyl sites for hydroxylation is 1. The Morgan fingerprint density at radius 3 is 2.42 bits per heavy atom. The number of rotatable bonds is 2. The van der Waals surface area contributed by atoms with E-state index in [2.05, 4.69) is 10.6 Å². The molecule has 1 fully saturated rings. The van der Waals surface area contributed by atoms with E-state index >= 15 is 0 Å². The fourth-order valence-corrected chi connectivity index (χ4v) is 2.50. The van der Waals surface area contributed by atoms with Crippen LogP contribution >= 0.6 is 0 Å². The molecule has 1 aromatic carbocycles. The molecule has 0 bridgehead atoms. The Kier molecular flexibility index (Phi) is 3.46. The monoisotopic (exact) mass is 262 g/mol. The molecule has 5 heteroatoms. The summed E-state index contributed by atoms with van der Waals surface area (Å²) >= 11 is 0. The van der Waals surface area contributed by atoms with Crippen molar-refractivity contribution in [1.82, 2.24) is 10.6 Å². The molecule has 5 nitrogen and oxygen atoms in total. The molecule has 2 amide bonds. The number of methoxy groups -OCH3 is 1. The van der Waals surface area contributed by atoms with Gasteiger partial charge in [0.25, 0.3) is 0 Å². The lowest BCUT2D eigenvalue weighted by atomic mass is 9.93. The second-order valence-corrected chi connectivity index (χ2v) is 4.80. The molecule has 0 radical (unpaired) electrons. The lowest BCUT2D eigenvalue weighted by molar-refractivity contribution is -0.141. The molecular weight excluding hydrogens is 244 g/mol. The highest BCUT2D eigenvalue weighted by molar-refractivity contribution is 6.35. The van der Waals surface area contributed by atoms with Crippen molar-refractivity contribution in [3.63, 3.8) is 0 Å². The Hall–Kier alpha value is -2.04. The maximum atomic E-state index is 11.4. The van der Waals surface area contributed by atoms with E-state index in [0.717, 1.165) is 28.0 Å².